The topological polar surface area (TPSA) is 184 Å². The lowest BCUT2D eigenvalue weighted by molar-refractivity contribution is 0.0705. The zero-order valence-corrected chi connectivity index (χ0v) is 23.0. The van der Waals surface area contributed by atoms with Crippen LogP contribution in [0.15, 0.2) is 30.6 Å². The molecule has 4 aromatic rings. The molecule has 0 spiro atoms. The second-order valence-electron chi connectivity index (χ2n) is 9.71. The standard InChI is InChI=1S/C27H33N11O3/c1-3-4-7-38(27-30-14-19(15-31-27)26(39)35-40)16-21-32-22-24(36(21)2)33-23(17-5-6-20(29)18(12-17)13-28)34-25(22)37-8-10-41-11-9-37/h5-6,12-15,28,40H,3-4,7-11,16,29H2,1-2H3,(H,35,39). The molecule has 14 nitrogen and oxygen atoms in total. The van der Waals surface area contributed by atoms with Gasteiger partial charge in [-0.15, -0.1) is 0 Å². The normalized spacial score (nSPS) is 13.4. The van der Waals surface area contributed by atoms with Crippen LogP contribution >= 0.6 is 0 Å². The lowest BCUT2D eigenvalue weighted by Crippen LogP contribution is -2.37. The van der Waals surface area contributed by atoms with Crippen molar-refractivity contribution >= 4 is 40.7 Å². The number of aromatic nitrogens is 6. The molecule has 0 bridgehead atoms. The highest BCUT2D eigenvalue weighted by Crippen LogP contribution is 2.30. The first-order valence-corrected chi connectivity index (χ1v) is 13.4. The molecule has 1 aliphatic heterocycles. The first kappa shape index (κ1) is 27.9. The highest BCUT2D eigenvalue weighted by Gasteiger charge is 2.24. The third kappa shape index (κ3) is 5.78. The lowest BCUT2D eigenvalue weighted by atomic mass is 10.1. The molecule has 1 amide bonds. The Kier molecular flexibility index (Phi) is 8.31. The van der Waals surface area contributed by atoms with Crippen molar-refractivity contribution in [3.8, 4) is 11.4 Å². The molecule has 0 aliphatic carbocycles. The molecule has 1 aromatic carbocycles. The van der Waals surface area contributed by atoms with Crippen LogP contribution in [0.3, 0.4) is 0 Å². The first-order chi connectivity index (χ1) is 19.9. The van der Waals surface area contributed by atoms with E-state index >= 15 is 0 Å². The summed E-state index contributed by atoms with van der Waals surface area (Å²) in [5.41, 5.74) is 11.0. The summed E-state index contributed by atoms with van der Waals surface area (Å²) in [5.74, 6) is 1.75. The minimum Gasteiger partial charge on any atom is -0.398 e. The van der Waals surface area contributed by atoms with Crippen LogP contribution in [0.2, 0.25) is 0 Å². The van der Waals surface area contributed by atoms with Gasteiger partial charge in [0.1, 0.15) is 5.82 Å². The molecular formula is C27H33N11O3. The molecule has 1 aliphatic rings. The van der Waals surface area contributed by atoms with Gasteiger partial charge in [-0.3, -0.25) is 10.0 Å². The molecule has 0 atom stereocenters. The number of carbonyl (C=O) groups is 1. The van der Waals surface area contributed by atoms with E-state index in [-0.39, 0.29) is 5.56 Å². The number of benzene rings is 1. The molecule has 41 heavy (non-hydrogen) atoms. The maximum Gasteiger partial charge on any atom is 0.277 e. The summed E-state index contributed by atoms with van der Waals surface area (Å²) in [6.45, 7) is 5.71. The van der Waals surface area contributed by atoms with Gasteiger partial charge >= 0.3 is 0 Å². The number of nitrogens with one attached hydrogen (secondary N) is 2. The van der Waals surface area contributed by atoms with Gasteiger partial charge in [-0.2, -0.15) is 0 Å². The highest BCUT2D eigenvalue weighted by atomic mass is 16.5. The molecule has 5 rings (SSSR count). The van der Waals surface area contributed by atoms with Crippen molar-refractivity contribution in [2.45, 2.75) is 26.3 Å². The molecule has 1 fully saturated rings. The van der Waals surface area contributed by atoms with Crippen molar-refractivity contribution in [3.63, 3.8) is 0 Å². The summed E-state index contributed by atoms with van der Waals surface area (Å²) in [6.07, 6.45) is 5.86. The van der Waals surface area contributed by atoms with Crippen molar-refractivity contribution in [3.05, 3.63) is 47.5 Å². The van der Waals surface area contributed by atoms with E-state index in [1.165, 1.54) is 18.6 Å². The fraction of sp³-hybridized carbons (Fsp3) is 0.370. The minimum atomic E-state index is -0.675. The summed E-state index contributed by atoms with van der Waals surface area (Å²) in [7, 11) is 1.92. The number of imidazole rings is 1. The molecule has 5 N–H and O–H groups in total. The number of amides is 1. The summed E-state index contributed by atoms with van der Waals surface area (Å²) >= 11 is 0. The smallest absolute Gasteiger partial charge is 0.277 e. The van der Waals surface area contributed by atoms with Crippen LogP contribution in [0.1, 0.15) is 41.5 Å². The second kappa shape index (κ2) is 12.2. The van der Waals surface area contributed by atoms with E-state index in [0.29, 0.717) is 73.6 Å². The number of morpholine rings is 1. The Labute approximate surface area is 236 Å². The monoisotopic (exact) mass is 559 g/mol. The number of hydrogen-bond donors (Lipinski definition) is 4. The van der Waals surface area contributed by atoms with Crippen molar-refractivity contribution in [2.75, 3.05) is 48.4 Å². The van der Waals surface area contributed by atoms with Crippen LogP contribution in [0.5, 0.6) is 0 Å². The molecule has 0 saturated carbocycles. The predicted octanol–water partition coefficient (Wildman–Crippen LogP) is 2.16. The van der Waals surface area contributed by atoms with E-state index in [0.717, 1.165) is 30.0 Å². The number of fused-ring (bicyclic) bond motifs is 1. The molecule has 214 valence electrons. The number of ether oxygens (including phenoxy) is 1. The van der Waals surface area contributed by atoms with Crippen LogP contribution in [0.25, 0.3) is 22.6 Å². The van der Waals surface area contributed by atoms with E-state index in [2.05, 4.69) is 21.8 Å². The van der Waals surface area contributed by atoms with Crippen LogP contribution < -0.4 is 21.0 Å². The predicted molar refractivity (Wildman–Crippen MR) is 154 cm³/mol. The van der Waals surface area contributed by atoms with Gasteiger partial charge in [0.2, 0.25) is 5.95 Å². The molecule has 14 heteroatoms. The Morgan fingerprint density at radius 1 is 1.22 bits per heavy atom. The summed E-state index contributed by atoms with van der Waals surface area (Å²) in [5, 5.41) is 16.6. The zero-order chi connectivity index (χ0) is 28.9. The van der Waals surface area contributed by atoms with Gasteiger partial charge in [0.25, 0.3) is 5.91 Å². The lowest BCUT2D eigenvalue weighted by Gasteiger charge is -2.28. The average Bonchev–Trinajstić information content (AvgIpc) is 3.33. The number of hydroxylamine groups is 1. The number of nitrogen functional groups attached to an aromatic ring is 1. The van der Waals surface area contributed by atoms with Crippen molar-refractivity contribution in [1.29, 1.82) is 5.41 Å². The van der Waals surface area contributed by atoms with Crippen LogP contribution in [0, 0.1) is 5.41 Å². The molecule has 1 saturated heterocycles. The number of unbranched alkanes of at least 4 members (excludes halogenated alkanes) is 1. The number of rotatable bonds is 10. The van der Waals surface area contributed by atoms with Gasteiger partial charge in [0.05, 0.1) is 25.3 Å². The van der Waals surface area contributed by atoms with Gasteiger partial charge in [-0.1, -0.05) is 13.3 Å². The van der Waals surface area contributed by atoms with Gasteiger partial charge < -0.3 is 30.2 Å². The third-order valence-corrected chi connectivity index (χ3v) is 7.00. The fourth-order valence-corrected chi connectivity index (χ4v) is 4.63. The Bertz CT molecular complexity index is 1550. The second-order valence-corrected chi connectivity index (χ2v) is 9.71. The van der Waals surface area contributed by atoms with E-state index in [9.17, 15) is 4.79 Å². The molecule has 0 radical (unpaired) electrons. The van der Waals surface area contributed by atoms with Crippen LogP contribution in [-0.4, -0.2) is 79.7 Å². The number of carbonyl (C=O) groups excluding carboxylic acids is 1. The maximum atomic E-state index is 11.7. The Balaban J connectivity index is 1.57. The van der Waals surface area contributed by atoms with Crippen molar-refractivity contribution in [2.24, 2.45) is 7.05 Å². The van der Waals surface area contributed by atoms with Crippen LogP contribution in [-0.2, 0) is 18.3 Å². The van der Waals surface area contributed by atoms with Gasteiger partial charge in [-0.25, -0.2) is 30.4 Å². The number of nitrogens with zero attached hydrogens (tertiary/aromatic N) is 8. The SMILES string of the molecule is CCCCN(Cc1nc2c(N3CCOCC3)nc(-c3ccc(N)c(C=N)c3)nc2n1C)c1ncc(C(=O)NO)cn1. The summed E-state index contributed by atoms with van der Waals surface area (Å²) in [4.78, 5) is 39.5. The van der Waals surface area contributed by atoms with E-state index < -0.39 is 5.91 Å². The highest BCUT2D eigenvalue weighted by molar-refractivity contribution is 5.92. The Morgan fingerprint density at radius 3 is 2.66 bits per heavy atom. The maximum absolute atomic E-state index is 11.7. The molecule has 0 unspecified atom stereocenters. The van der Waals surface area contributed by atoms with E-state index in [4.69, 9.17) is 36.0 Å². The minimum absolute atomic E-state index is 0.154. The Morgan fingerprint density at radius 2 is 1.98 bits per heavy atom. The number of aryl methyl sites for hydroxylation is 1. The zero-order valence-electron chi connectivity index (χ0n) is 23.0. The molecular weight excluding hydrogens is 526 g/mol. The Hall–Kier alpha value is -4.69. The number of hydrogen-bond acceptors (Lipinski definition) is 12. The van der Waals surface area contributed by atoms with Gasteiger partial charge in [0, 0.05) is 62.1 Å². The quantitative estimate of drug-likeness (QED) is 0.0966. The molecule has 4 heterocycles. The fourth-order valence-electron chi connectivity index (χ4n) is 4.63. The first-order valence-electron chi connectivity index (χ1n) is 13.4. The van der Waals surface area contributed by atoms with Crippen molar-refractivity contribution in [1.82, 2.24) is 35.0 Å². The van der Waals surface area contributed by atoms with Crippen molar-refractivity contribution < 1.29 is 14.7 Å². The number of anilines is 3. The summed E-state index contributed by atoms with van der Waals surface area (Å²) < 4.78 is 7.53. The van der Waals surface area contributed by atoms with E-state index in [1.54, 1.807) is 11.5 Å². The van der Waals surface area contributed by atoms with E-state index in [1.807, 2.05) is 28.6 Å². The van der Waals surface area contributed by atoms with Crippen LogP contribution in [0.4, 0.5) is 17.5 Å². The summed E-state index contributed by atoms with van der Waals surface area (Å²) in [6, 6.07) is 5.43. The molecule has 3 aromatic heterocycles. The van der Waals surface area contributed by atoms with Gasteiger partial charge in [0.15, 0.2) is 22.8 Å². The average molecular weight is 560 g/mol. The third-order valence-electron chi connectivity index (χ3n) is 7.00. The largest absolute Gasteiger partial charge is 0.398 e. The number of nitrogens with two attached hydrogens (primary N) is 1. The van der Waals surface area contributed by atoms with Gasteiger partial charge in [-0.05, 0) is 24.6 Å².